The first kappa shape index (κ1) is 23.3. The summed E-state index contributed by atoms with van der Waals surface area (Å²) < 4.78 is 18.9. The smallest absolute Gasteiger partial charge is 0.410 e. The van der Waals surface area contributed by atoms with Gasteiger partial charge in [0.2, 0.25) is 0 Å². The number of hydrogen-bond acceptors (Lipinski definition) is 3. The average Bonchev–Trinajstić information content (AvgIpc) is 3.19. The van der Waals surface area contributed by atoms with E-state index >= 15 is 0 Å². The second-order valence-electron chi connectivity index (χ2n) is 8.73. The first-order valence-electron chi connectivity index (χ1n) is 11.2. The predicted octanol–water partition coefficient (Wildman–Crippen LogP) is 6.36. The number of likely N-dealkylation sites (tertiary alicyclic amines) is 1. The van der Waals surface area contributed by atoms with Gasteiger partial charge in [-0.25, -0.2) is 9.18 Å². The Balaban J connectivity index is 1.60. The van der Waals surface area contributed by atoms with Crippen LogP contribution in [0.25, 0.3) is 0 Å². The van der Waals surface area contributed by atoms with Gasteiger partial charge in [0.25, 0.3) is 0 Å². The highest BCUT2D eigenvalue weighted by Crippen LogP contribution is 2.34. The van der Waals surface area contributed by atoms with Gasteiger partial charge in [-0.1, -0.05) is 54.1 Å². The van der Waals surface area contributed by atoms with Gasteiger partial charge in [0.15, 0.2) is 0 Å². The molecule has 33 heavy (non-hydrogen) atoms. The van der Waals surface area contributed by atoms with E-state index in [2.05, 4.69) is 17.0 Å². The zero-order valence-corrected chi connectivity index (χ0v) is 19.6. The van der Waals surface area contributed by atoms with Crippen molar-refractivity contribution in [2.24, 2.45) is 0 Å². The summed E-state index contributed by atoms with van der Waals surface area (Å²) in [5, 5.41) is 0.686. The standard InChI is InChI=1S/C27H28ClFN2O2/c1-19(2)31(27(32)33-24-14-12-23(29)13-15-24)26-18-30(16-20-6-4-3-5-7-20)17-25(26)21-8-10-22(28)11-9-21/h3-15,19,25-26H,16-18H2,1-2H3. The van der Waals surface area contributed by atoms with Crippen molar-refractivity contribution in [3.8, 4) is 5.75 Å². The minimum absolute atomic E-state index is 0.0746. The number of amides is 1. The topological polar surface area (TPSA) is 32.8 Å². The number of rotatable bonds is 6. The molecular formula is C27H28ClFN2O2. The van der Waals surface area contributed by atoms with Crippen LogP contribution in [0, 0.1) is 5.82 Å². The summed E-state index contributed by atoms with van der Waals surface area (Å²) in [6.07, 6.45) is -0.429. The van der Waals surface area contributed by atoms with Crippen molar-refractivity contribution in [3.63, 3.8) is 0 Å². The molecule has 3 aromatic rings. The van der Waals surface area contributed by atoms with Crippen LogP contribution in [0.5, 0.6) is 5.75 Å². The van der Waals surface area contributed by atoms with Crippen LogP contribution in [0.4, 0.5) is 9.18 Å². The third-order valence-corrected chi connectivity index (χ3v) is 6.31. The molecule has 0 spiro atoms. The molecule has 0 aliphatic carbocycles. The Kier molecular flexibility index (Phi) is 7.31. The Labute approximate surface area is 199 Å². The summed E-state index contributed by atoms with van der Waals surface area (Å²) in [5.41, 5.74) is 2.37. The molecule has 0 bridgehead atoms. The molecule has 2 unspecified atom stereocenters. The molecule has 3 aromatic carbocycles. The number of halogens is 2. The summed E-state index contributed by atoms with van der Waals surface area (Å²) in [7, 11) is 0. The lowest BCUT2D eigenvalue weighted by atomic mass is 9.93. The highest BCUT2D eigenvalue weighted by Gasteiger charge is 2.41. The van der Waals surface area contributed by atoms with Gasteiger partial charge in [-0.15, -0.1) is 0 Å². The van der Waals surface area contributed by atoms with Crippen LogP contribution in [0.1, 0.15) is 30.9 Å². The second-order valence-corrected chi connectivity index (χ2v) is 9.16. The number of ether oxygens (including phenoxy) is 1. The predicted molar refractivity (Wildman–Crippen MR) is 129 cm³/mol. The van der Waals surface area contributed by atoms with E-state index in [0.717, 1.165) is 25.2 Å². The van der Waals surface area contributed by atoms with E-state index in [4.69, 9.17) is 16.3 Å². The Morgan fingerprint density at radius 3 is 2.33 bits per heavy atom. The fourth-order valence-electron chi connectivity index (χ4n) is 4.54. The maximum absolute atomic E-state index is 13.3. The van der Waals surface area contributed by atoms with Crippen molar-refractivity contribution in [2.75, 3.05) is 13.1 Å². The van der Waals surface area contributed by atoms with Gasteiger partial charge in [-0.05, 0) is 61.4 Å². The van der Waals surface area contributed by atoms with Crippen molar-refractivity contribution in [1.82, 2.24) is 9.80 Å². The quantitative estimate of drug-likeness (QED) is 0.424. The molecule has 1 heterocycles. The Morgan fingerprint density at radius 1 is 1.03 bits per heavy atom. The summed E-state index contributed by atoms with van der Waals surface area (Å²) in [6.45, 7) is 6.32. The molecule has 1 amide bonds. The van der Waals surface area contributed by atoms with Gasteiger partial charge in [-0.2, -0.15) is 0 Å². The largest absolute Gasteiger partial charge is 0.415 e. The van der Waals surface area contributed by atoms with E-state index in [1.807, 2.05) is 61.2 Å². The summed E-state index contributed by atoms with van der Waals surface area (Å²) in [6, 6.07) is 23.6. The SMILES string of the molecule is CC(C)N(C(=O)Oc1ccc(F)cc1)C1CN(Cc2ccccc2)CC1c1ccc(Cl)cc1. The molecular weight excluding hydrogens is 439 g/mol. The Hall–Kier alpha value is -2.89. The highest BCUT2D eigenvalue weighted by molar-refractivity contribution is 6.30. The minimum Gasteiger partial charge on any atom is -0.410 e. The maximum Gasteiger partial charge on any atom is 0.415 e. The molecule has 1 aliphatic rings. The number of carbonyl (C=O) groups is 1. The molecule has 1 fully saturated rings. The van der Waals surface area contributed by atoms with Crippen LogP contribution in [-0.2, 0) is 6.54 Å². The monoisotopic (exact) mass is 466 g/mol. The molecule has 0 saturated carbocycles. The average molecular weight is 467 g/mol. The van der Waals surface area contributed by atoms with Crippen molar-refractivity contribution < 1.29 is 13.9 Å². The van der Waals surface area contributed by atoms with Crippen LogP contribution < -0.4 is 4.74 Å². The van der Waals surface area contributed by atoms with Gasteiger partial charge >= 0.3 is 6.09 Å². The van der Waals surface area contributed by atoms with Crippen LogP contribution >= 0.6 is 11.6 Å². The lowest BCUT2D eigenvalue weighted by molar-refractivity contribution is 0.110. The molecule has 4 rings (SSSR count). The first-order valence-corrected chi connectivity index (χ1v) is 11.6. The van der Waals surface area contributed by atoms with Crippen LogP contribution in [0.3, 0.4) is 0 Å². The van der Waals surface area contributed by atoms with E-state index in [-0.39, 0.29) is 23.8 Å². The molecule has 0 radical (unpaired) electrons. The summed E-state index contributed by atoms with van der Waals surface area (Å²) >= 11 is 6.13. The second kappa shape index (κ2) is 10.4. The number of hydrogen-bond donors (Lipinski definition) is 0. The van der Waals surface area contributed by atoms with E-state index in [1.165, 1.54) is 29.8 Å². The van der Waals surface area contributed by atoms with Crippen LogP contribution in [0.2, 0.25) is 5.02 Å². The zero-order chi connectivity index (χ0) is 23.4. The van der Waals surface area contributed by atoms with Crippen LogP contribution in [-0.4, -0.2) is 41.1 Å². The summed E-state index contributed by atoms with van der Waals surface area (Å²) in [4.78, 5) is 17.5. The number of carbonyl (C=O) groups excluding carboxylic acids is 1. The van der Waals surface area contributed by atoms with Gasteiger partial charge in [0.05, 0.1) is 6.04 Å². The third kappa shape index (κ3) is 5.73. The van der Waals surface area contributed by atoms with Gasteiger partial charge < -0.3 is 9.64 Å². The molecule has 6 heteroatoms. The van der Waals surface area contributed by atoms with Crippen molar-refractivity contribution in [2.45, 2.75) is 38.4 Å². The lowest BCUT2D eigenvalue weighted by Crippen LogP contribution is -2.49. The van der Waals surface area contributed by atoms with Crippen molar-refractivity contribution >= 4 is 17.7 Å². The van der Waals surface area contributed by atoms with E-state index < -0.39 is 6.09 Å². The molecule has 172 valence electrons. The molecule has 0 N–H and O–H groups in total. The zero-order valence-electron chi connectivity index (χ0n) is 18.8. The molecule has 4 nitrogen and oxygen atoms in total. The third-order valence-electron chi connectivity index (χ3n) is 6.06. The maximum atomic E-state index is 13.3. The normalized spacial score (nSPS) is 18.5. The lowest BCUT2D eigenvalue weighted by Gasteiger charge is -2.35. The summed E-state index contributed by atoms with van der Waals surface area (Å²) in [5.74, 6) is 0.0639. The molecule has 0 aromatic heterocycles. The Morgan fingerprint density at radius 2 is 1.70 bits per heavy atom. The number of benzene rings is 3. The van der Waals surface area contributed by atoms with E-state index in [9.17, 15) is 9.18 Å². The number of nitrogens with zero attached hydrogens (tertiary/aromatic N) is 2. The van der Waals surface area contributed by atoms with Gasteiger partial charge in [0.1, 0.15) is 11.6 Å². The van der Waals surface area contributed by atoms with Crippen molar-refractivity contribution in [3.05, 3.63) is 101 Å². The minimum atomic E-state index is -0.429. The highest BCUT2D eigenvalue weighted by atomic mass is 35.5. The molecule has 2 atom stereocenters. The Bertz CT molecular complexity index is 1060. The van der Waals surface area contributed by atoms with E-state index in [0.29, 0.717) is 10.8 Å². The van der Waals surface area contributed by atoms with Crippen molar-refractivity contribution in [1.29, 1.82) is 0 Å². The molecule has 1 aliphatic heterocycles. The van der Waals surface area contributed by atoms with Gasteiger partial charge in [0, 0.05) is 36.6 Å². The van der Waals surface area contributed by atoms with Gasteiger partial charge in [-0.3, -0.25) is 4.90 Å². The fraction of sp³-hybridized carbons (Fsp3) is 0.296. The van der Waals surface area contributed by atoms with E-state index in [1.54, 1.807) is 0 Å². The fourth-order valence-corrected chi connectivity index (χ4v) is 4.67. The molecule has 1 saturated heterocycles. The first-order chi connectivity index (χ1) is 15.9. The van der Waals surface area contributed by atoms with Crippen LogP contribution in [0.15, 0.2) is 78.9 Å².